The summed E-state index contributed by atoms with van der Waals surface area (Å²) in [5.41, 5.74) is 1.38. The lowest BCUT2D eigenvalue weighted by atomic mass is 10.1. The molecule has 0 spiro atoms. The molecule has 0 aliphatic carbocycles. The Morgan fingerprint density at radius 3 is 2.10 bits per heavy atom. The topological polar surface area (TPSA) is 55.4 Å². The third kappa shape index (κ3) is 6.93. The lowest BCUT2D eigenvalue weighted by molar-refractivity contribution is 0.184. The second-order valence-electron chi connectivity index (χ2n) is 6.84. The molecule has 0 bridgehead atoms. The number of alkyl halides is 2. The average molecular weight is 444 g/mol. The van der Waals surface area contributed by atoms with Crippen molar-refractivity contribution in [2.75, 3.05) is 0 Å². The van der Waals surface area contributed by atoms with E-state index in [1.165, 1.54) is 30.3 Å². The summed E-state index contributed by atoms with van der Waals surface area (Å²) < 4.78 is 59.0. The van der Waals surface area contributed by atoms with Crippen molar-refractivity contribution in [3.8, 4) is 5.75 Å². The molecular weight excluding hydrogens is 420 g/mol. The number of hydrogen-bond donors (Lipinski definition) is 1. The molecule has 0 unspecified atom stereocenters. The highest BCUT2D eigenvalue weighted by molar-refractivity contribution is 7.89. The van der Waals surface area contributed by atoms with E-state index >= 15 is 0 Å². The molecule has 7 heteroatoms. The SMILES string of the molecule is O=S(=O)(N/C(=C\CCc1ccc(OCc2ccccc2)cc1)C(F)F)c1ccccc1. The van der Waals surface area contributed by atoms with Crippen LogP contribution in [0.4, 0.5) is 8.78 Å². The van der Waals surface area contributed by atoms with Crippen molar-refractivity contribution in [3.05, 3.63) is 108 Å². The maximum absolute atomic E-state index is 13.3. The van der Waals surface area contributed by atoms with Gasteiger partial charge in [-0.05, 0) is 48.2 Å². The van der Waals surface area contributed by atoms with Crippen molar-refractivity contribution in [2.45, 2.75) is 30.8 Å². The first-order chi connectivity index (χ1) is 14.9. The van der Waals surface area contributed by atoms with Crippen LogP contribution in [0.3, 0.4) is 0 Å². The van der Waals surface area contributed by atoms with Crippen LogP contribution in [0.15, 0.2) is 102 Å². The van der Waals surface area contributed by atoms with Gasteiger partial charge < -0.3 is 4.74 Å². The van der Waals surface area contributed by atoms with Gasteiger partial charge in [-0.2, -0.15) is 0 Å². The molecule has 1 N–H and O–H groups in total. The van der Waals surface area contributed by atoms with Crippen LogP contribution in [-0.2, 0) is 23.1 Å². The molecule has 0 fully saturated rings. The summed E-state index contributed by atoms with van der Waals surface area (Å²) in [5, 5.41) is 0. The van der Waals surface area contributed by atoms with Gasteiger partial charge in [-0.15, -0.1) is 0 Å². The minimum atomic E-state index is -4.05. The largest absolute Gasteiger partial charge is 0.489 e. The Labute approximate surface area is 181 Å². The summed E-state index contributed by atoms with van der Waals surface area (Å²) >= 11 is 0. The number of nitrogens with one attached hydrogen (secondary N) is 1. The van der Waals surface area contributed by atoms with Crippen molar-refractivity contribution < 1.29 is 21.9 Å². The standard InChI is InChI=1S/C24H23F2NO3S/c25-24(26)23(27-31(28,29)22-11-5-2-6-12-22)13-7-10-19-14-16-21(17-15-19)30-18-20-8-3-1-4-9-20/h1-6,8-9,11-17,24,27H,7,10,18H2/b23-13-. The highest BCUT2D eigenvalue weighted by Crippen LogP contribution is 2.17. The van der Waals surface area contributed by atoms with Crippen LogP contribution in [0.1, 0.15) is 17.5 Å². The number of hydrogen-bond acceptors (Lipinski definition) is 3. The maximum Gasteiger partial charge on any atom is 0.278 e. The maximum atomic E-state index is 13.3. The van der Waals surface area contributed by atoms with Gasteiger partial charge in [0.15, 0.2) is 0 Å². The number of ether oxygens (including phenoxy) is 1. The Morgan fingerprint density at radius 1 is 0.871 bits per heavy atom. The van der Waals surface area contributed by atoms with Crippen LogP contribution in [0.2, 0.25) is 0 Å². The van der Waals surface area contributed by atoms with Crippen LogP contribution in [0.25, 0.3) is 0 Å². The summed E-state index contributed by atoms with van der Waals surface area (Å²) in [6.45, 7) is 0.461. The van der Waals surface area contributed by atoms with Gasteiger partial charge in [0.05, 0.1) is 10.6 Å². The molecule has 3 rings (SSSR count). The Bertz CT molecular complexity index is 1080. The molecule has 0 heterocycles. The van der Waals surface area contributed by atoms with Crippen molar-refractivity contribution >= 4 is 10.0 Å². The first-order valence-electron chi connectivity index (χ1n) is 9.76. The number of halogens is 2. The van der Waals surface area contributed by atoms with Crippen molar-refractivity contribution in [1.29, 1.82) is 0 Å². The van der Waals surface area contributed by atoms with Gasteiger partial charge in [0.1, 0.15) is 12.4 Å². The van der Waals surface area contributed by atoms with E-state index in [4.69, 9.17) is 4.74 Å². The van der Waals surface area contributed by atoms with E-state index in [0.717, 1.165) is 11.1 Å². The van der Waals surface area contributed by atoms with Gasteiger partial charge in [-0.1, -0.05) is 66.7 Å². The minimum Gasteiger partial charge on any atom is -0.489 e. The van der Waals surface area contributed by atoms with E-state index in [-0.39, 0.29) is 11.3 Å². The molecule has 162 valence electrons. The summed E-state index contributed by atoms with van der Waals surface area (Å²) in [6.07, 6.45) is -0.943. The molecule has 31 heavy (non-hydrogen) atoms. The van der Waals surface area contributed by atoms with E-state index in [2.05, 4.69) is 0 Å². The van der Waals surface area contributed by atoms with Gasteiger partial charge >= 0.3 is 0 Å². The normalized spacial score (nSPS) is 12.0. The van der Waals surface area contributed by atoms with E-state index in [0.29, 0.717) is 18.8 Å². The quantitative estimate of drug-likeness (QED) is 0.461. The molecular formula is C24H23F2NO3S. The fraction of sp³-hybridized carbons (Fsp3) is 0.167. The summed E-state index contributed by atoms with van der Waals surface area (Å²) in [6, 6.07) is 24.6. The number of allylic oxidation sites excluding steroid dienone is 2. The number of sulfonamides is 1. The van der Waals surface area contributed by atoms with Gasteiger partial charge in [-0.3, -0.25) is 4.72 Å². The highest BCUT2D eigenvalue weighted by Gasteiger charge is 2.20. The second-order valence-corrected chi connectivity index (χ2v) is 8.52. The number of rotatable bonds is 10. The van der Waals surface area contributed by atoms with E-state index < -0.39 is 22.1 Å². The van der Waals surface area contributed by atoms with Gasteiger partial charge in [0.25, 0.3) is 16.4 Å². The molecule has 0 saturated heterocycles. The Hall–Kier alpha value is -3.19. The molecule has 0 saturated carbocycles. The Morgan fingerprint density at radius 2 is 1.48 bits per heavy atom. The first-order valence-corrected chi connectivity index (χ1v) is 11.2. The lowest BCUT2D eigenvalue weighted by Gasteiger charge is -2.11. The van der Waals surface area contributed by atoms with E-state index in [9.17, 15) is 17.2 Å². The number of benzene rings is 3. The van der Waals surface area contributed by atoms with Crippen molar-refractivity contribution in [2.24, 2.45) is 0 Å². The van der Waals surface area contributed by atoms with E-state index in [1.807, 2.05) is 59.3 Å². The van der Waals surface area contributed by atoms with E-state index in [1.54, 1.807) is 6.07 Å². The van der Waals surface area contributed by atoms with Crippen molar-refractivity contribution in [1.82, 2.24) is 4.72 Å². The highest BCUT2D eigenvalue weighted by atomic mass is 32.2. The molecule has 0 aliphatic rings. The zero-order valence-electron chi connectivity index (χ0n) is 16.7. The molecule has 0 aromatic heterocycles. The Balaban J connectivity index is 1.56. The molecule has 4 nitrogen and oxygen atoms in total. The summed E-state index contributed by atoms with van der Waals surface area (Å²) in [5.74, 6) is 0.715. The predicted octanol–water partition coefficient (Wildman–Crippen LogP) is 5.33. The van der Waals surface area contributed by atoms with Crippen LogP contribution < -0.4 is 9.46 Å². The third-order valence-electron chi connectivity index (χ3n) is 4.51. The second kappa shape index (κ2) is 10.7. The number of aryl methyl sites for hydroxylation is 1. The summed E-state index contributed by atoms with van der Waals surface area (Å²) in [4.78, 5) is -0.0624. The molecule has 0 radical (unpaired) electrons. The Kier molecular flexibility index (Phi) is 7.78. The van der Waals surface area contributed by atoms with Crippen LogP contribution in [0.5, 0.6) is 5.75 Å². The first kappa shape index (κ1) is 22.5. The fourth-order valence-electron chi connectivity index (χ4n) is 2.88. The average Bonchev–Trinajstić information content (AvgIpc) is 2.79. The summed E-state index contributed by atoms with van der Waals surface area (Å²) in [7, 11) is -4.05. The van der Waals surface area contributed by atoms with Gasteiger partial charge in [-0.25, -0.2) is 17.2 Å². The molecule has 3 aromatic rings. The monoisotopic (exact) mass is 443 g/mol. The van der Waals surface area contributed by atoms with Crippen LogP contribution in [-0.4, -0.2) is 14.8 Å². The molecule has 0 amide bonds. The fourth-order valence-corrected chi connectivity index (χ4v) is 3.99. The van der Waals surface area contributed by atoms with Crippen LogP contribution >= 0.6 is 0 Å². The predicted molar refractivity (Wildman–Crippen MR) is 116 cm³/mol. The zero-order chi connectivity index (χ0) is 22.1. The van der Waals surface area contributed by atoms with Crippen LogP contribution in [0, 0.1) is 0 Å². The lowest BCUT2D eigenvalue weighted by Crippen LogP contribution is -2.26. The molecule has 0 atom stereocenters. The van der Waals surface area contributed by atoms with Crippen molar-refractivity contribution in [3.63, 3.8) is 0 Å². The van der Waals surface area contributed by atoms with Gasteiger partial charge in [0.2, 0.25) is 0 Å². The minimum absolute atomic E-state index is 0.0624. The molecule has 0 aliphatic heterocycles. The third-order valence-corrected chi connectivity index (χ3v) is 5.91. The smallest absolute Gasteiger partial charge is 0.278 e. The zero-order valence-corrected chi connectivity index (χ0v) is 17.6. The molecule has 3 aromatic carbocycles. The van der Waals surface area contributed by atoms with Gasteiger partial charge in [0, 0.05) is 0 Å².